The minimum atomic E-state index is -1.35. The van der Waals surface area contributed by atoms with Gasteiger partial charge in [-0.1, -0.05) is 17.7 Å². The van der Waals surface area contributed by atoms with Crippen LogP contribution in [-0.2, 0) is 5.67 Å². The zero-order chi connectivity index (χ0) is 14.6. The second-order valence-electron chi connectivity index (χ2n) is 6.08. The Hall–Kier alpha value is -0.800. The van der Waals surface area contributed by atoms with Crippen molar-refractivity contribution in [2.24, 2.45) is 5.92 Å². The Morgan fingerprint density at radius 3 is 2.65 bits per heavy atom. The molecule has 2 N–H and O–H groups in total. The first-order valence-corrected chi connectivity index (χ1v) is 7.78. The molecule has 1 aliphatic heterocycles. The van der Waals surface area contributed by atoms with E-state index in [-0.39, 0.29) is 0 Å². The van der Waals surface area contributed by atoms with Crippen molar-refractivity contribution in [3.8, 4) is 0 Å². The Labute approximate surface area is 126 Å². The number of hydrogen-bond acceptors (Lipinski definition) is 2. The molecule has 2 nitrogen and oxygen atoms in total. The number of nitrogens with one attached hydrogen (secondary N) is 2. The maximum absolute atomic E-state index is 13.8. The predicted molar refractivity (Wildman–Crippen MR) is 84.3 cm³/mol. The molecule has 1 aliphatic rings. The molecule has 0 amide bonds. The van der Waals surface area contributed by atoms with E-state index in [9.17, 15) is 4.39 Å². The van der Waals surface area contributed by atoms with E-state index in [1.54, 1.807) is 26.0 Å². The molecule has 0 spiro atoms. The highest BCUT2D eigenvalue weighted by Gasteiger charge is 2.19. The smallest absolute Gasteiger partial charge is 0.130 e. The van der Waals surface area contributed by atoms with Crippen LogP contribution in [0.15, 0.2) is 18.2 Å². The Balaban J connectivity index is 1.86. The molecule has 1 saturated heterocycles. The van der Waals surface area contributed by atoms with Gasteiger partial charge in [-0.3, -0.25) is 0 Å². The zero-order valence-corrected chi connectivity index (χ0v) is 13.1. The van der Waals surface area contributed by atoms with Crippen molar-refractivity contribution in [1.29, 1.82) is 0 Å². The standard InChI is InChI=1S/C16H24ClFN2/c1-16(2,18)13-3-4-15(14(17)11-13)20-10-7-12-5-8-19-9-6-12/h3-4,11-12,19-20H,5-10H2,1-2H3. The summed E-state index contributed by atoms with van der Waals surface area (Å²) >= 11 is 6.22. The van der Waals surface area contributed by atoms with Gasteiger partial charge in [-0.2, -0.15) is 0 Å². The lowest BCUT2D eigenvalue weighted by atomic mass is 9.95. The maximum atomic E-state index is 13.8. The van der Waals surface area contributed by atoms with E-state index in [1.807, 2.05) is 6.07 Å². The van der Waals surface area contributed by atoms with Crippen LogP contribution in [0.2, 0.25) is 5.02 Å². The molecule has 1 fully saturated rings. The van der Waals surface area contributed by atoms with Crippen molar-refractivity contribution in [3.63, 3.8) is 0 Å². The Morgan fingerprint density at radius 1 is 1.35 bits per heavy atom. The third-order valence-electron chi connectivity index (χ3n) is 3.98. The van der Waals surface area contributed by atoms with Gasteiger partial charge in [-0.15, -0.1) is 0 Å². The number of alkyl halides is 1. The van der Waals surface area contributed by atoms with Crippen molar-refractivity contribution in [1.82, 2.24) is 5.32 Å². The van der Waals surface area contributed by atoms with Gasteiger partial charge in [0.25, 0.3) is 0 Å². The summed E-state index contributed by atoms with van der Waals surface area (Å²) in [5, 5.41) is 7.34. The topological polar surface area (TPSA) is 24.1 Å². The van der Waals surface area contributed by atoms with Gasteiger partial charge in [0.1, 0.15) is 5.67 Å². The second kappa shape index (κ2) is 6.77. The first-order chi connectivity index (χ1) is 9.47. The number of halogens is 2. The third kappa shape index (κ3) is 4.35. The molecule has 1 aromatic carbocycles. The average molecular weight is 299 g/mol. The highest BCUT2D eigenvalue weighted by Crippen LogP contribution is 2.31. The number of benzene rings is 1. The van der Waals surface area contributed by atoms with Gasteiger partial charge in [0.15, 0.2) is 0 Å². The lowest BCUT2D eigenvalue weighted by molar-refractivity contribution is 0.221. The summed E-state index contributed by atoms with van der Waals surface area (Å²) in [5.74, 6) is 0.798. The molecule has 0 atom stereocenters. The number of anilines is 1. The van der Waals surface area contributed by atoms with E-state index in [0.29, 0.717) is 10.6 Å². The van der Waals surface area contributed by atoms with Crippen molar-refractivity contribution in [3.05, 3.63) is 28.8 Å². The molecule has 0 saturated carbocycles. The van der Waals surface area contributed by atoms with Crippen LogP contribution < -0.4 is 10.6 Å². The van der Waals surface area contributed by atoms with Crippen LogP contribution >= 0.6 is 11.6 Å². The van der Waals surface area contributed by atoms with Gasteiger partial charge in [-0.05, 0) is 69.8 Å². The van der Waals surface area contributed by atoms with Crippen LogP contribution in [0.1, 0.15) is 38.7 Å². The zero-order valence-electron chi connectivity index (χ0n) is 12.3. The molecule has 1 aromatic rings. The lowest BCUT2D eigenvalue weighted by Gasteiger charge is -2.23. The van der Waals surface area contributed by atoms with Gasteiger partial charge >= 0.3 is 0 Å². The Morgan fingerprint density at radius 2 is 2.05 bits per heavy atom. The van der Waals surface area contributed by atoms with Crippen LogP contribution in [-0.4, -0.2) is 19.6 Å². The third-order valence-corrected chi connectivity index (χ3v) is 4.30. The van der Waals surface area contributed by atoms with Crippen molar-refractivity contribution < 1.29 is 4.39 Å². The highest BCUT2D eigenvalue weighted by atomic mass is 35.5. The number of piperidine rings is 1. The van der Waals surface area contributed by atoms with Gasteiger partial charge in [0.05, 0.1) is 10.7 Å². The minimum absolute atomic E-state index is 0.596. The fourth-order valence-electron chi connectivity index (χ4n) is 2.61. The summed E-state index contributed by atoms with van der Waals surface area (Å²) in [6.45, 7) is 6.27. The lowest BCUT2D eigenvalue weighted by Crippen LogP contribution is -2.28. The molecule has 112 valence electrons. The van der Waals surface area contributed by atoms with Crippen molar-refractivity contribution in [2.45, 2.75) is 38.8 Å². The molecule has 0 unspecified atom stereocenters. The molecule has 20 heavy (non-hydrogen) atoms. The Bertz CT molecular complexity index is 437. The molecule has 0 radical (unpaired) electrons. The molecule has 4 heteroatoms. The van der Waals surface area contributed by atoms with E-state index in [2.05, 4.69) is 10.6 Å². The van der Waals surface area contributed by atoms with Crippen LogP contribution in [0.5, 0.6) is 0 Å². The van der Waals surface area contributed by atoms with Gasteiger partial charge in [-0.25, -0.2) is 4.39 Å². The molecule has 0 aromatic heterocycles. The minimum Gasteiger partial charge on any atom is -0.384 e. The van der Waals surface area contributed by atoms with E-state index in [0.717, 1.165) is 37.7 Å². The van der Waals surface area contributed by atoms with E-state index >= 15 is 0 Å². The summed E-state index contributed by atoms with van der Waals surface area (Å²) in [6, 6.07) is 5.40. The van der Waals surface area contributed by atoms with Crippen molar-refractivity contribution in [2.75, 3.05) is 25.0 Å². The van der Waals surface area contributed by atoms with Crippen LogP contribution in [0.3, 0.4) is 0 Å². The van der Waals surface area contributed by atoms with Crippen LogP contribution in [0.25, 0.3) is 0 Å². The first kappa shape index (κ1) is 15.6. The van der Waals surface area contributed by atoms with Gasteiger partial charge in [0, 0.05) is 6.54 Å². The highest BCUT2D eigenvalue weighted by molar-refractivity contribution is 6.33. The van der Waals surface area contributed by atoms with E-state index in [1.165, 1.54) is 12.8 Å². The fraction of sp³-hybridized carbons (Fsp3) is 0.625. The van der Waals surface area contributed by atoms with Gasteiger partial charge < -0.3 is 10.6 Å². The molecule has 1 heterocycles. The average Bonchev–Trinajstić information content (AvgIpc) is 2.40. The summed E-state index contributed by atoms with van der Waals surface area (Å²) < 4.78 is 13.8. The summed E-state index contributed by atoms with van der Waals surface area (Å²) in [7, 11) is 0. The van der Waals surface area contributed by atoms with Crippen LogP contribution in [0.4, 0.5) is 10.1 Å². The van der Waals surface area contributed by atoms with Crippen LogP contribution in [0, 0.1) is 5.92 Å². The monoisotopic (exact) mass is 298 g/mol. The van der Waals surface area contributed by atoms with E-state index in [4.69, 9.17) is 11.6 Å². The summed E-state index contributed by atoms with van der Waals surface area (Å²) in [4.78, 5) is 0. The largest absolute Gasteiger partial charge is 0.384 e. The second-order valence-corrected chi connectivity index (χ2v) is 6.48. The van der Waals surface area contributed by atoms with Crippen molar-refractivity contribution >= 4 is 17.3 Å². The maximum Gasteiger partial charge on any atom is 0.130 e. The number of rotatable bonds is 5. The molecule has 0 bridgehead atoms. The first-order valence-electron chi connectivity index (χ1n) is 7.40. The normalized spacial score (nSPS) is 17.2. The Kier molecular flexibility index (Phi) is 5.28. The quantitative estimate of drug-likeness (QED) is 0.844. The molecule has 0 aliphatic carbocycles. The summed E-state index contributed by atoms with van der Waals surface area (Å²) in [6.07, 6.45) is 3.67. The molecular formula is C16H24ClFN2. The predicted octanol–water partition coefficient (Wildman–Crippen LogP) is 4.35. The molecule has 2 rings (SSSR count). The van der Waals surface area contributed by atoms with E-state index < -0.39 is 5.67 Å². The number of hydrogen-bond donors (Lipinski definition) is 2. The summed E-state index contributed by atoms with van der Waals surface area (Å²) in [5.41, 5.74) is 0.164. The SMILES string of the molecule is CC(C)(F)c1ccc(NCCC2CCNCC2)c(Cl)c1. The molecular weight excluding hydrogens is 275 g/mol. The van der Waals surface area contributed by atoms with Gasteiger partial charge in [0.2, 0.25) is 0 Å². The fourth-order valence-corrected chi connectivity index (χ4v) is 2.86.